The molecule has 3 aliphatic rings. The molecule has 1 aromatic carbocycles. The lowest BCUT2D eigenvalue weighted by Crippen LogP contribution is -2.36. The van der Waals surface area contributed by atoms with Gasteiger partial charge in [-0.2, -0.15) is 0 Å². The van der Waals surface area contributed by atoms with Crippen LogP contribution >= 0.6 is 0 Å². The topological polar surface area (TPSA) is 237 Å². The van der Waals surface area contributed by atoms with E-state index in [1.165, 1.54) is 20.8 Å². The van der Waals surface area contributed by atoms with Gasteiger partial charge in [0.1, 0.15) is 16.8 Å². The van der Waals surface area contributed by atoms with E-state index in [9.17, 15) is 43.2 Å². The van der Waals surface area contributed by atoms with Crippen LogP contribution in [0.2, 0.25) is 0 Å². The predicted octanol–water partition coefficient (Wildman–Crippen LogP) is 6.43. The number of hydrogen-bond acceptors (Lipinski definition) is 18. The van der Waals surface area contributed by atoms with Crippen LogP contribution < -0.4 is 0 Å². The second kappa shape index (κ2) is 29.0. The maximum Gasteiger partial charge on any atom is 0.345 e. The van der Waals surface area contributed by atoms with E-state index in [-0.39, 0.29) is 16.7 Å². The average Bonchev–Trinajstić information content (AvgIpc) is 4.01. The Labute approximate surface area is 397 Å². The second-order valence-electron chi connectivity index (χ2n) is 16.3. The van der Waals surface area contributed by atoms with Crippen molar-refractivity contribution in [1.29, 1.82) is 0 Å². The maximum absolute atomic E-state index is 12.1. The summed E-state index contributed by atoms with van der Waals surface area (Å²) >= 11 is 0. The predicted molar refractivity (Wildman–Crippen MR) is 242 cm³/mol. The van der Waals surface area contributed by atoms with Crippen molar-refractivity contribution in [2.45, 2.75) is 121 Å². The molecule has 3 saturated carbocycles. The van der Waals surface area contributed by atoms with Gasteiger partial charge in [0.15, 0.2) is 39.6 Å². The summed E-state index contributed by atoms with van der Waals surface area (Å²) in [5, 5.41) is 0. The molecule has 0 spiro atoms. The molecule has 0 heterocycles. The first-order chi connectivity index (χ1) is 32.2. The van der Waals surface area contributed by atoms with Gasteiger partial charge < -0.3 is 42.6 Å². The third kappa shape index (κ3) is 20.8. The van der Waals surface area contributed by atoms with Crippen LogP contribution in [0.5, 0.6) is 0 Å². The SMILES string of the molecule is C=C(C)C(=O)OCC(=O)OCC(=O)OC1(c2ccccc2)CCCC1.C=CC1(OC(=O)COC(=O)COC(=O)C(=C)C)CCCC1.C=CC1(OC(=O)COC(=O)COC(=O)C(=C)C)CCCCC1. The summed E-state index contributed by atoms with van der Waals surface area (Å²) in [4.78, 5) is 103. The Morgan fingerprint density at radius 3 is 1.04 bits per heavy atom. The summed E-state index contributed by atoms with van der Waals surface area (Å²) in [7, 11) is 0. The minimum atomic E-state index is -0.819. The van der Waals surface area contributed by atoms with Gasteiger partial charge in [0, 0.05) is 16.7 Å². The highest BCUT2D eigenvalue weighted by Gasteiger charge is 2.40. The smallest absolute Gasteiger partial charge is 0.345 e. The monoisotopic (exact) mass is 952 g/mol. The molecule has 1 aromatic rings. The van der Waals surface area contributed by atoms with Gasteiger partial charge in [0.2, 0.25) is 0 Å². The Morgan fingerprint density at radius 2 is 0.721 bits per heavy atom. The quantitative estimate of drug-likeness (QED) is 0.0558. The van der Waals surface area contributed by atoms with E-state index in [0.717, 1.165) is 89.0 Å². The Kier molecular flexibility index (Phi) is 24.4. The highest BCUT2D eigenvalue weighted by Crippen LogP contribution is 2.42. The van der Waals surface area contributed by atoms with E-state index >= 15 is 0 Å². The number of esters is 9. The third-order valence-corrected chi connectivity index (χ3v) is 10.6. The summed E-state index contributed by atoms with van der Waals surface area (Å²) in [5.41, 5.74) is -0.476. The van der Waals surface area contributed by atoms with Gasteiger partial charge in [0.05, 0.1) is 0 Å². The average molecular weight is 953 g/mol. The summed E-state index contributed by atoms with van der Waals surface area (Å²) in [5.74, 6) is -6.41. The Balaban J connectivity index is 0.000000352. The van der Waals surface area contributed by atoms with Crippen LogP contribution in [0.3, 0.4) is 0 Å². The van der Waals surface area contributed by atoms with Crippen molar-refractivity contribution in [3.8, 4) is 0 Å². The van der Waals surface area contributed by atoms with Gasteiger partial charge in [-0.05, 0) is 116 Å². The Hall–Kier alpha value is -6.85. The molecule has 18 nitrogen and oxygen atoms in total. The zero-order valence-electron chi connectivity index (χ0n) is 39.4. The number of carbonyl (C=O) groups is 9. The lowest BCUT2D eigenvalue weighted by molar-refractivity contribution is -0.173. The fraction of sp³-hybridized carbons (Fsp3) is 0.500. The van der Waals surface area contributed by atoms with E-state index in [1.807, 2.05) is 30.3 Å². The van der Waals surface area contributed by atoms with Crippen molar-refractivity contribution in [3.05, 3.63) is 97.7 Å². The molecule has 0 N–H and O–H groups in total. The molecule has 3 fully saturated rings. The number of hydrogen-bond donors (Lipinski definition) is 0. The lowest BCUT2D eigenvalue weighted by Gasteiger charge is -2.33. The van der Waals surface area contributed by atoms with Gasteiger partial charge in [-0.15, -0.1) is 0 Å². The molecule has 0 radical (unpaired) electrons. The highest BCUT2D eigenvalue weighted by molar-refractivity contribution is 5.90. The van der Waals surface area contributed by atoms with Gasteiger partial charge in [-0.25, -0.2) is 43.2 Å². The molecule has 68 heavy (non-hydrogen) atoms. The van der Waals surface area contributed by atoms with Crippen LogP contribution in [-0.2, 0) is 91.4 Å². The molecule has 0 bridgehead atoms. The zero-order valence-corrected chi connectivity index (χ0v) is 39.4. The van der Waals surface area contributed by atoms with Crippen molar-refractivity contribution >= 4 is 53.7 Å². The lowest BCUT2D eigenvalue weighted by atomic mass is 9.85. The van der Waals surface area contributed by atoms with Crippen molar-refractivity contribution in [1.82, 2.24) is 0 Å². The van der Waals surface area contributed by atoms with Crippen molar-refractivity contribution in [2.24, 2.45) is 0 Å². The largest absolute Gasteiger partial charge is 0.452 e. The van der Waals surface area contributed by atoms with Crippen molar-refractivity contribution in [3.63, 3.8) is 0 Å². The van der Waals surface area contributed by atoms with Crippen LogP contribution in [0.4, 0.5) is 0 Å². The summed E-state index contributed by atoms with van der Waals surface area (Å²) in [6.07, 6.45) is 14.6. The van der Waals surface area contributed by atoms with E-state index in [4.69, 9.17) is 23.7 Å². The molecule has 3 aliphatic carbocycles. The molecule has 0 unspecified atom stereocenters. The van der Waals surface area contributed by atoms with Gasteiger partial charge >= 0.3 is 53.7 Å². The number of benzene rings is 1. The van der Waals surface area contributed by atoms with Crippen molar-refractivity contribution < 1.29 is 85.8 Å². The zero-order chi connectivity index (χ0) is 50.8. The van der Waals surface area contributed by atoms with E-state index in [1.54, 1.807) is 12.2 Å². The van der Waals surface area contributed by atoms with E-state index < -0.39 is 110 Å². The minimum Gasteiger partial charge on any atom is -0.452 e. The standard InChI is InChI=1S/C19H22O6.C16H22O6.C15H20O6/c1-14(2)18(22)24-12-16(20)23-13-17(21)25-19(10-6-7-11-19)15-8-4-3-5-9-15;1-4-16(8-6-5-7-9-16)22-14(18)11-20-13(17)10-21-15(19)12(2)3;1-4-15(7-5-6-8-15)21-13(17)10-19-12(16)9-20-14(18)11(2)3/h3-5,8-9H,1,6-7,10-13H2,2H3;4H,1-2,5-11H2,3H3;4H,1-2,5-10H2,3H3. The van der Waals surface area contributed by atoms with Crippen LogP contribution in [0.15, 0.2) is 92.1 Å². The van der Waals surface area contributed by atoms with Gasteiger partial charge in [-0.1, -0.05) is 69.6 Å². The first-order valence-electron chi connectivity index (χ1n) is 22.1. The van der Waals surface area contributed by atoms with Crippen LogP contribution in [0.25, 0.3) is 0 Å². The summed E-state index contributed by atoms with van der Waals surface area (Å²) in [6.45, 7) is 18.7. The molecule has 0 saturated heterocycles. The Morgan fingerprint density at radius 1 is 0.426 bits per heavy atom. The Bertz CT molecular complexity index is 2000. The van der Waals surface area contributed by atoms with Crippen LogP contribution in [0.1, 0.15) is 110 Å². The molecule has 0 aliphatic heterocycles. The van der Waals surface area contributed by atoms with E-state index in [0.29, 0.717) is 0 Å². The molecule has 0 amide bonds. The van der Waals surface area contributed by atoms with Crippen molar-refractivity contribution in [2.75, 3.05) is 39.6 Å². The van der Waals surface area contributed by atoms with Crippen LogP contribution in [0, 0.1) is 0 Å². The van der Waals surface area contributed by atoms with Crippen LogP contribution in [-0.4, -0.2) is 105 Å². The fourth-order valence-electron chi connectivity index (χ4n) is 7.00. The first kappa shape index (κ1) is 57.3. The molecule has 0 atom stereocenters. The molecular formula is C50H64O18. The highest BCUT2D eigenvalue weighted by atomic mass is 16.6. The van der Waals surface area contributed by atoms with Gasteiger partial charge in [-0.3, -0.25) is 0 Å². The molecule has 0 aromatic heterocycles. The fourth-order valence-corrected chi connectivity index (χ4v) is 7.00. The molecular weight excluding hydrogens is 889 g/mol. The van der Waals surface area contributed by atoms with Gasteiger partial charge in [0.25, 0.3) is 0 Å². The molecule has 4 rings (SSSR count). The minimum absolute atomic E-state index is 0.177. The summed E-state index contributed by atoms with van der Waals surface area (Å²) < 4.78 is 44.4. The number of rotatable bonds is 21. The normalized spacial score (nSPS) is 15.8. The maximum atomic E-state index is 12.1. The number of ether oxygens (including phenoxy) is 9. The molecule has 372 valence electrons. The second-order valence-corrected chi connectivity index (χ2v) is 16.3. The third-order valence-electron chi connectivity index (χ3n) is 10.6. The van der Waals surface area contributed by atoms with E-state index in [2.05, 4.69) is 51.8 Å². The first-order valence-corrected chi connectivity index (χ1v) is 22.1. The number of carbonyl (C=O) groups excluding carboxylic acids is 9. The summed E-state index contributed by atoms with van der Waals surface area (Å²) in [6, 6.07) is 9.57. The molecule has 18 heteroatoms.